The number of amides is 2. The fourth-order valence-electron chi connectivity index (χ4n) is 3.67. The zero-order chi connectivity index (χ0) is 20.1. The quantitative estimate of drug-likeness (QED) is 0.772. The normalized spacial score (nSPS) is 19.7. The average Bonchev–Trinajstić information content (AvgIpc) is 2.72. The van der Waals surface area contributed by atoms with Crippen molar-refractivity contribution in [3.63, 3.8) is 0 Å². The van der Waals surface area contributed by atoms with Gasteiger partial charge < -0.3 is 14.5 Å². The number of nitrogens with zero attached hydrogens (tertiary/aromatic N) is 3. The maximum absolute atomic E-state index is 13.4. The molecule has 28 heavy (non-hydrogen) atoms. The van der Waals surface area contributed by atoms with Crippen molar-refractivity contribution in [3.05, 3.63) is 66.0 Å². The number of benzene rings is 1. The number of carbonyl (C=O) groups is 2. The Morgan fingerprint density at radius 3 is 2.61 bits per heavy atom. The highest BCUT2D eigenvalue weighted by atomic mass is 16.5. The molecule has 2 aromatic rings. The average molecular weight is 381 g/mol. The Morgan fingerprint density at radius 2 is 2.00 bits per heavy atom. The van der Waals surface area contributed by atoms with E-state index in [9.17, 15) is 9.59 Å². The van der Waals surface area contributed by atoms with Gasteiger partial charge in [0.2, 0.25) is 5.91 Å². The predicted molar refractivity (Wildman–Crippen MR) is 106 cm³/mol. The lowest BCUT2D eigenvalue weighted by Crippen LogP contribution is -2.56. The molecule has 0 radical (unpaired) electrons. The third-order valence-corrected chi connectivity index (χ3v) is 4.99. The minimum Gasteiger partial charge on any atom is -0.356 e. The molecule has 1 aliphatic rings. The Kier molecular flexibility index (Phi) is 6.41. The summed E-state index contributed by atoms with van der Waals surface area (Å²) in [7, 11) is 0. The number of hydrogen-bond donors (Lipinski definition) is 0. The summed E-state index contributed by atoms with van der Waals surface area (Å²) in [4.78, 5) is 33.7. The molecule has 0 unspecified atom stereocenters. The van der Waals surface area contributed by atoms with E-state index in [4.69, 9.17) is 4.74 Å². The zero-order valence-corrected chi connectivity index (χ0v) is 16.6. The lowest BCUT2D eigenvalue weighted by molar-refractivity contribution is -0.172. The molecule has 148 valence electrons. The van der Waals surface area contributed by atoms with Crippen LogP contribution in [-0.4, -0.2) is 51.9 Å². The molecule has 0 spiro atoms. The van der Waals surface area contributed by atoms with Gasteiger partial charge >= 0.3 is 0 Å². The van der Waals surface area contributed by atoms with Crippen LogP contribution in [0.25, 0.3) is 0 Å². The van der Waals surface area contributed by atoms with Gasteiger partial charge in [0.25, 0.3) is 5.91 Å². The zero-order valence-electron chi connectivity index (χ0n) is 16.6. The molecule has 1 aliphatic heterocycles. The van der Waals surface area contributed by atoms with E-state index in [1.807, 2.05) is 63.2 Å². The van der Waals surface area contributed by atoms with Crippen molar-refractivity contribution >= 4 is 11.8 Å². The summed E-state index contributed by atoms with van der Waals surface area (Å²) in [5, 5.41) is 0. The largest absolute Gasteiger partial charge is 0.356 e. The van der Waals surface area contributed by atoms with Crippen molar-refractivity contribution in [2.45, 2.75) is 45.5 Å². The summed E-state index contributed by atoms with van der Waals surface area (Å²) < 4.78 is 5.82. The van der Waals surface area contributed by atoms with E-state index in [2.05, 4.69) is 4.98 Å². The summed E-state index contributed by atoms with van der Waals surface area (Å²) in [5.41, 5.74) is 1.86. The number of pyridine rings is 1. The van der Waals surface area contributed by atoms with Crippen molar-refractivity contribution < 1.29 is 14.3 Å². The van der Waals surface area contributed by atoms with Gasteiger partial charge in [0.05, 0.1) is 6.04 Å². The molecule has 0 N–H and O–H groups in total. The molecule has 0 saturated carbocycles. The summed E-state index contributed by atoms with van der Waals surface area (Å²) in [6, 6.07) is 13.0. The standard InChI is InChI=1S/C22H27N3O3/c1-4-24(14-17-9-8-12-23-13-17)22(27)21-20(18-10-6-5-7-11-18)25(16(2)3)19(26)15-28-21/h5-13,16,20-21H,4,14-15H2,1-3H3/t20-,21+/m1/s1. The number of rotatable bonds is 6. The van der Waals surface area contributed by atoms with E-state index in [1.165, 1.54) is 0 Å². The first-order chi connectivity index (χ1) is 13.5. The van der Waals surface area contributed by atoms with E-state index in [0.29, 0.717) is 13.1 Å². The van der Waals surface area contributed by atoms with Gasteiger partial charge in [0.15, 0.2) is 6.10 Å². The fourth-order valence-corrected chi connectivity index (χ4v) is 3.67. The van der Waals surface area contributed by atoms with Crippen LogP contribution in [0.15, 0.2) is 54.9 Å². The summed E-state index contributed by atoms with van der Waals surface area (Å²) >= 11 is 0. The second-order valence-corrected chi connectivity index (χ2v) is 7.20. The highest BCUT2D eigenvalue weighted by Crippen LogP contribution is 2.33. The van der Waals surface area contributed by atoms with E-state index in [0.717, 1.165) is 11.1 Å². The van der Waals surface area contributed by atoms with Crippen LogP contribution in [0.4, 0.5) is 0 Å². The van der Waals surface area contributed by atoms with Crippen molar-refractivity contribution in [3.8, 4) is 0 Å². The summed E-state index contributed by atoms with van der Waals surface area (Å²) in [5.74, 6) is -0.207. The number of carbonyl (C=O) groups excluding carboxylic acids is 2. The lowest BCUT2D eigenvalue weighted by atomic mass is 9.95. The highest BCUT2D eigenvalue weighted by molar-refractivity contribution is 5.86. The van der Waals surface area contributed by atoms with Crippen LogP contribution in [-0.2, 0) is 20.9 Å². The first-order valence-electron chi connectivity index (χ1n) is 9.68. The lowest BCUT2D eigenvalue weighted by Gasteiger charge is -2.44. The molecule has 0 aliphatic carbocycles. The van der Waals surface area contributed by atoms with Crippen molar-refractivity contribution in [1.29, 1.82) is 0 Å². The van der Waals surface area contributed by atoms with E-state index >= 15 is 0 Å². The fraction of sp³-hybridized carbons (Fsp3) is 0.409. The van der Waals surface area contributed by atoms with Gasteiger partial charge in [-0.2, -0.15) is 0 Å². The summed E-state index contributed by atoms with van der Waals surface area (Å²) in [6.45, 7) is 6.80. The second-order valence-electron chi connectivity index (χ2n) is 7.20. The van der Waals surface area contributed by atoms with Crippen molar-refractivity contribution in [2.75, 3.05) is 13.2 Å². The van der Waals surface area contributed by atoms with Crippen LogP contribution in [0.3, 0.4) is 0 Å². The molecule has 2 atom stereocenters. The number of hydrogen-bond acceptors (Lipinski definition) is 4. The van der Waals surface area contributed by atoms with Crippen LogP contribution in [0.1, 0.15) is 37.9 Å². The van der Waals surface area contributed by atoms with Crippen molar-refractivity contribution in [1.82, 2.24) is 14.8 Å². The molecule has 0 bridgehead atoms. The minimum absolute atomic E-state index is 0.0368. The molecular weight excluding hydrogens is 354 g/mol. The maximum Gasteiger partial charge on any atom is 0.254 e. The smallest absolute Gasteiger partial charge is 0.254 e. The SMILES string of the molecule is CCN(Cc1cccnc1)C(=O)[C@H]1OCC(=O)N(C(C)C)[C@@H]1c1ccccc1. The molecule has 6 heteroatoms. The molecular formula is C22H27N3O3. The van der Waals surface area contributed by atoms with Crippen LogP contribution < -0.4 is 0 Å². The molecule has 1 fully saturated rings. The van der Waals surface area contributed by atoms with Crippen molar-refractivity contribution in [2.24, 2.45) is 0 Å². The van der Waals surface area contributed by atoms with Gasteiger partial charge in [-0.25, -0.2) is 0 Å². The Balaban J connectivity index is 1.92. The first-order valence-corrected chi connectivity index (χ1v) is 9.68. The molecule has 3 rings (SSSR count). The minimum atomic E-state index is -0.737. The summed E-state index contributed by atoms with van der Waals surface area (Å²) in [6.07, 6.45) is 2.74. The van der Waals surface area contributed by atoms with Gasteiger partial charge in [-0.1, -0.05) is 36.4 Å². The number of likely N-dealkylation sites (N-methyl/N-ethyl adjacent to an activating group) is 1. The number of morpholine rings is 1. The monoisotopic (exact) mass is 381 g/mol. The Hall–Kier alpha value is -2.73. The van der Waals surface area contributed by atoms with Gasteiger partial charge in [0, 0.05) is 31.5 Å². The van der Waals surface area contributed by atoms with Crippen LogP contribution in [0, 0.1) is 0 Å². The van der Waals surface area contributed by atoms with Crippen LogP contribution >= 0.6 is 0 Å². The predicted octanol–water partition coefficient (Wildman–Crippen LogP) is 2.81. The second kappa shape index (κ2) is 8.97. The Morgan fingerprint density at radius 1 is 1.25 bits per heavy atom. The first kappa shape index (κ1) is 20.0. The Bertz CT molecular complexity index is 795. The molecule has 1 saturated heterocycles. The van der Waals surface area contributed by atoms with E-state index in [-0.39, 0.29) is 24.5 Å². The molecule has 2 heterocycles. The maximum atomic E-state index is 13.4. The van der Waals surface area contributed by atoms with E-state index < -0.39 is 12.1 Å². The number of ether oxygens (including phenoxy) is 1. The molecule has 1 aromatic carbocycles. The molecule has 2 amide bonds. The van der Waals surface area contributed by atoms with Gasteiger partial charge in [0.1, 0.15) is 6.61 Å². The van der Waals surface area contributed by atoms with Gasteiger partial charge in [-0.05, 0) is 38.0 Å². The number of aromatic nitrogens is 1. The third-order valence-electron chi connectivity index (χ3n) is 4.99. The molecule has 1 aromatic heterocycles. The van der Waals surface area contributed by atoms with Gasteiger partial charge in [-0.15, -0.1) is 0 Å². The van der Waals surface area contributed by atoms with E-state index in [1.54, 1.807) is 22.2 Å². The highest BCUT2D eigenvalue weighted by Gasteiger charge is 2.44. The van der Waals surface area contributed by atoms with Gasteiger partial charge in [-0.3, -0.25) is 14.6 Å². The van der Waals surface area contributed by atoms with Crippen LogP contribution in [0.5, 0.6) is 0 Å². The third kappa shape index (κ3) is 4.22. The topological polar surface area (TPSA) is 62.7 Å². The Labute approximate surface area is 166 Å². The van der Waals surface area contributed by atoms with Crippen LogP contribution in [0.2, 0.25) is 0 Å². The molecule has 6 nitrogen and oxygen atoms in total.